The summed E-state index contributed by atoms with van der Waals surface area (Å²) in [7, 11) is 2.19. The van der Waals surface area contributed by atoms with Crippen molar-refractivity contribution >= 4 is 0 Å². The second kappa shape index (κ2) is 8.95. The van der Waals surface area contributed by atoms with Crippen molar-refractivity contribution in [1.29, 1.82) is 0 Å². The lowest BCUT2D eigenvalue weighted by Gasteiger charge is -2.32. The van der Waals surface area contributed by atoms with Gasteiger partial charge in [0.1, 0.15) is 12.4 Å². The van der Waals surface area contributed by atoms with Gasteiger partial charge in [-0.2, -0.15) is 0 Å². The van der Waals surface area contributed by atoms with Crippen LogP contribution in [0.1, 0.15) is 6.42 Å². The Balaban J connectivity index is 1.42. The summed E-state index contributed by atoms with van der Waals surface area (Å²) < 4.78 is 11.2. The number of hydrogen-bond acceptors (Lipinski definition) is 4. The van der Waals surface area contributed by atoms with Gasteiger partial charge in [-0.25, -0.2) is 0 Å². The molecule has 0 amide bonds. The predicted molar refractivity (Wildman–Crippen MR) is 81.3 cm³/mol. The maximum Gasteiger partial charge on any atom is 0.119 e. The fourth-order valence-corrected chi connectivity index (χ4v) is 2.30. The van der Waals surface area contributed by atoms with Crippen LogP contribution >= 0.6 is 0 Å². The first kappa shape index (κ1) is 15.3. The number of benzene rings is 1. The number of piperazine rings is 1. The third-order valence-corrected chi connectivity index (χ3v) is 3.60. The highest BCUT2D eigenvalue weighted by Crippen LogP contribution is 2.07. The molecule has 4 nitrogen and oxygen atoms in total. The first-order chi connectivity index (χ1) is 9.84. The van der Waals surface area contributed by atoms with E-state index in [4.69, 9.17) is 9.47 Å². The standard InChI is InChI=1S/C16H26N2O2/c1-17-9-11-18(12-10-17)8-5-13-19-14-15-20-16-6-3-2-4-7-16/h2-4,6-7H,5,8-15H2,1H3. The number of hydrogen-bond donors (Lipinski definition) is 0. The Labute approximate surface area is 122 Å². The van der Waals surface area contributed by atoms with E-state index in [9.17, 15) is 0 Å². The monoisotopic (exact) mass is 278 g/mol. The van der Waals surface area contributed by atoms with Crippen LogP contribution in [0.4, 0.5) is 0 Å². The SMILES string of the molecule is CN1CCN(CCCOCCOc2ccccc2)CC1. The van der Waals surface area contributed by atoms with Crippen LogP contribution in [0.3, 0.4) is 0 Å². The second-order valence-corrected chi connectivity index (χ2v) is 5.27. The first-order valence-corrected chi connectivity index (χ1v) is 7.51. The molecule has 0 spiro atoms. The summed E-state index contributed by atoms with van der Waals surface area (Å²) >= 11 is 0. The van der Waals surface area contributed by atoms with Crippen molar-refractivity contribution in [1.82, 2.24) is 9.80 Å². The lowest BCUT2D eigenvalue weighted by Crippen LogP contribution is -2.44. The molecule has 0 aromatic heterocycles. The van der Waals surface area contributed by atoms with E-state index in [1.54, 1.807) is 0 Å². The quantitative estimate of drug-likeness (QED) is 0.676. The Bertz CT molecular complexity index is 351. The van der Waals surface area contributed by atoms with Crippen molar-refractivity contribution in [2.45, 2.75) is 6.42 Å². The van der Waals surface area contributed by atoms with Crippen molar-refractivity contribution in [2.24, 2.45) is 0 Å². The summed E-state index contributed by atoms with van der Waals surface area (Å²) in [4.78, 5) is 4.90. The van der Waals surface area contributed by atoms with E-state index in [1.165, 1.54) is 26.2 Å². The number of likely N-dealkylation sites (N-methyl/N-ethyl adjacent to an activating group) is 1. The zero-order valence-electron chi connectivity index (χ0n) is 12.5. The summed E-state index contributed by atoms with van der Waals surface area (Å²) in [5.41, 5.74) is 0. The summed E-state index contributed by atoms with van der Waals surface area (Å²) in [6, 6.07) is 9.88. The van der Waals surface area contributed by atoms with Crippen molar-refractivity contribution in [3.63, 3.8) is 0 Å². The van der Waals surface area contributed by atoms with E-state index in [-0.39, 0.29) is 0 Å². The van der Waals surface area contributed by atoms with Gasteiger partial charge in [0.15, 0.2) is 0 Å². The molecule has 0 unspecified atom stereocenters. The van der Waals surface area contributed by atoms with E-state index in [2.05, 4.69) is 16.8 Å². The first-order valence-electron chi connectivity index (χ1n) is 7.51. The van der Waals surface area contributed by atoms with Crippen molar-refractivity contribution < 1.29 is 9.47 Å². The largest absolute Gasteiger partial charge is 0.491 e. The van der Waals surface area contributed by atoms with E-state index in [0.717, 1.165) is 25.3 Å². The molecule has 20 heavy (non-hydrogen) atoms. The van der Waals surface area contributed by atoms with Crippen molar-refractivity contribution in [3.05, 3.63) is 30.3 Å². The van der Waals surface area contributed by atoms with Gasteiger partial charge in [-0.05, 0) is 25.6 Å². The van der Waals surface area contributed by atoms with E-state index in [1.807, 2.05) is 30.3 Å². The number of nitrogens with zero attached hydrogens (tertiary/aromatic N) is 2. The van der Waals surface area contributed by atoms with Gasteiger partial charge in [0.2, 0.25) is 0 Å². The third-order valence-electron chi connectivity index (χ3n) is 3.60. The molecule has 2 rings (SSSR count). The highest BCUT2D eigenvalue weighted by molar-refractivity contribution is 5.20. The Morgan fingerprint density at radius 1 is 0.950 bits per heavy atom. The van der Waals surface area contributed by atoms with Gasteiger partial charge in [-0.1, -0.05) is 18.2 Å². The van der Waals surface area contributed by atoms with Crippen molar-refractivity contribution in [2.75, 3.05) is 59.6 Å². The molecule has 0 saturated carbocycles. The predicted octanol–water partition coefficient (Wildman–Crippen LogP) is 1.72. The van der Waals surface area contributed by atoms with E-state index in [0.29, 0.717) is 13.2 Å². The van der Waals surface area contributed by atoms with Crippen LogP contribution in [0.2, 0.25) is 0 Å². The molecule has 1 saturated heterocycles. The molecule has 0 radical (unpaired) electrons. The maximum atomic E-state index is 5.61. The summed E-state index contributed by atoms with van der Waals surface area (Å²) in [6.07, 6.45) is 1.11. The molecule has 4 heteroatoms. The summed E-state index contributed by atoms with van der Waals surface area (Å²) in [6.45, 7) is 8.01. The molecule has 1 aromatic carbocycles. The minimum Gasteiger partial charge on any atom is -0.491 e. The Hall–Kier alpha value is -1.10. The Kier molecular flexibility index (Phi) is 6.84. The molecule has 1 aliphatic rings. The lowest BCUT2D eigenvalue weighted by atomic mass is 10.3. The van der Waals surface area contributed by atoms with Crippen LogP contribution in [0.15, 0.2) is 30.3 Å². The number of para-hydroxylation sites is 1. The second-order valence-electron chi connectivity index (χ2n) is 5.27. The van der Waals surface area contributed by atoms with Gasteiger partial charge >= 0.3 is 0 Å². The lowest BCUT2D eigenvalue weighted by molar-refractivity contribution is 0.0847. The van der Waals surface area contributed by atoms with E-state index < -0.39 is 0 Å². The van der Waals surface area contributed by atoms with Gasteiger partial charge in [0.25, 0.3) is 0 Å². The zero-order valence-corrected chi connectivity index (χ0v) is 12.5. The van der Waals surface area contributed by atoms with Gasteiger partial charge in [0.05, 0.1) is 6.61 Å². The van der Waals surface area contributed by atoms with Crippen LogP contribution in [-0.2, 0) is 4.74 Å². The van der Waals surface area contributed by atoms with Gasteiger partial charge in [-0.3, -0.25) is 0 Å². The highest BCUT2D eigenvalue weighted by atomic mass is 16.5. The maximum absolute atomic E-state index is 5.61. The molecular formula is C16H26N2O2. The van der Waals surface area contributed by atoms with Crippen LogP contribution in [0, 0.1) is 0 Å². The van der Waals surface area contributed by atoms with Gasteiger partial charge in [0, 0.05) is 39.3 Å². The number of ether oxygens (including phenoxy) is 2. The molecule has 1 aliphatic heterocycles. The van der Waals surface area contributed by atoms with Crippen LogP contribution in [-0.4, -0.2) is 69.4 Å². The summed E-state index contributed by atoms with van der Waals surface area (Å²) in [5.74, 6) is 0.911. The van der Waals surface area contributed by atoms with E-state index >= 15 is 0 Å². The zero-order chi connectivity index (χ0) is 14.0. The average Bonchev–Trinajstić information content (AvgIpc) is 2.49. The third kappa shape index (κ3) is 5.90. The minimum absolute atomic E-state index is 0.624. The smallest absolute Gasteiger partial charge is 0.119 e. The van der Waals surface area contributed by atoms with Gasteiger partial charge in [-0.15, -0.1) is 0 Å². The van der Waals surface area contributed by atoms with Crippen LogP contribution < -0.4 is 4.74 Å². The average molecular weight is 278 g/mol. The Morgan fingerprint density at radius 2 is 1.70 bits per heavy atom. The fraction of sp³-hybridized carbons (Fsp3) is 0.625. The molecule has 1 heterocycles. The molecule has 112 valence electrons. The van der Waals surface area contributed by atoms with Crippen molar-refractivity contribution in [3.8, 4) is 5.75 Å². The molecule has 1 aromatic rings. The van der Waals surface area contributed by atoms with Crippen LogP contribution in [0.25, 0.3) is 0 Å². The topological polar surface area (TPSA) is 24.9 Å². The highest BCUT2D eigenvalue weighted by Gasteiger charge is 2.12. The molecule has 1 fully saturated rings. The number of rotatable bonds is 8. The van der Waals surface area contributed by atoms with Crippen LogP contribution in [0.5, 0.6) is 5.75 Å². The Morgan fingerprint density at radius 3 is 2.45 bits per heavy atom. The normalized spacial score (nSPS) is 17.2. The molecule has 0 N–H and O–H groups in total. The molecular weight excluding hydrogens is 252 g/mol. The molecule has 0 atom stereocenters. The molecule has 0 aliphatic carbocycles. The summed E-state index contributed by atoms with van der Waals surface area (Å²) in [5, 5.41) is 0. The van der Waals surface area contributed by atoms with Gasteiger partial charge < -0.3 is 19.3 Å². The fourth-order valence-electron chi connectivity index (χ4n) is 2.30. The molecule has 0 bridgehead atoms. The minimum atomic E-state index is 0.624.